The van der Waals surface area contributed by atoms with E-state index in [-0.39, 0.29) is 18.1 Å². The van der Waals surface area contributed by atoms with Crippen LogP contribution in [0.3, 0.4) is 0 Å². The quantitative estimate of drug-likeness (QED) is 0.462. The maximum absolute atomic E-state index is 13.1. The van der Waals surface area contributed by atoms with Crippen molar-refractivity contribution in [2.24, 2.45) is 0 Å². The number of oxazole rings is 1. The summed E-state index contributed by atoms with van der Waals surface area (Å²) in [5.41, 5.74) is 0.562. The number of ketones is 1. The van der Waals surface area contributed by atoms with Crippen molar-refractivity contribution in [3.63, 3.8) is 0 Å². The van der Waals surface area contributed by atoms with Crippen LogP contribution >= 0.6 is 0 Å². The molecule has 1 aliphatic rings. The molecule has 11 nitrogen and oxygen atoms in total. The van der Waals surface area contributed by atoms with Gasteiger partial charge in [-0.3, -0.25) is 9.59 Å². The topological polar surface area (TPSA) is 148 Å². The standard InChI is InChI=1S/C22H28N4O7S/c1-2-17(19(27)21-23-8-11-33-21)24-20(28)18(25-22(29)26-9-12-32-13-10-26)15-34(30,31)14-16-6-4-3-5-7-16/h3-8,11,17-18H,2,9-10,12-15H2,1H3,(H,24,28)(H,25,29)/t17-,18+/m0/s1. The van der Waals surface area contributed by atoms with Crippen molar-refractivity contribution < 1.29 is 32.0 Å². The third-order valence-electron chi connectivity index (χ3n) is 5.25. The van der Waals surface area contributed by atoms with E-state index in [1.807, 2.05) is 0 Å². The predicted molar refractivity (Wildman–Crippen MR) is 122 cm³/mol. The van der Waals surface area contributed by atoms with Gasteiger partial charge in [0.05, 0.1) is 37.0 Å². The van der Waals surface area contributed by atoms with Gasteiger partial charge >= 0.3 is 6.03 Å². The van der Waals surface area contributed by atoms with Crippen LogP contribution in [0.15, 0.2) is 47.2 Å². The van der Waals surface area contributed by atoms with E-state index in [4.69, 9.17) is 9.15 Å². The molecule has 0 radical (unpaired) electrons. The van der Waals surface area contributed by atoms with Gasteiger partial charge in [-0.2, -0.15) is 0 Å². The Kier molecular flexibility index (Phi) is 8.77. The molecule has 3 amide bonds. The zero-order chi connectivity index (χ0) is 24.6. The third-order valence-corrected chi connectivity index (χ3v) is 6.86. The van der Waals surface area contributed by atoms with Gasteiger partial charge in [0.2, 0.25) is 11.7 Å². The molecule has 2 heterocycles. The molecule has 1 aliphatic heterocycles. The Labute approximate surface area is 197 Å². The minimum absolute atomic E-state index is 0.169. The Morgan fingerprint density at radius 3 is 2.41 bits per heavy atom. The lowest BCUT2D eigenvalue weighted by Crippen LogP contribution is -2.57. The van der Waals surface area contributed by atoms with Crippen molar-refractivity contribution in [2.45, 2.75) is 31.2 Å². The van der Waals surface area contributed by atoms with Crippen molar-refractivity contribution in [2.75, 3.05) is 32.1 Å². The molecule has 0 bridgehead atoms. The number of carbonyl (C=O) groups is 3. The molecule has 1 aromatic heterocycles. The van der Waals surface area contributed by atoms with Gasteiger partial charge < -0.3 is 24.7 Å². The summed E-state index contributed by atoms with van der Waals surface area (Å²) in [5, 5.41) is 5.06. The number of Topliss-reactive ketones (excluding diaryl/α,β-unsaturated/α-hetero) is 1. The first-order valence-corrected chi connectivity index (χ1v) is 12.7. The second kappa shape index (κ2) is 11.7. The van der Waals surface area contributed by atoms with E-state index in [0.717, 1.165) is 0 Å². The maximum atomic E-state index is 13.1. The van der Waals surface area contributed by atoms with E-state index in [1.165, 1.54) is 17.4 Å². The number of benzene rings is 1. The summed E-state index contributed by atoms with van der Waals surface area (Å²) in [6, 6.07) is 5.56. The predicted octanol–water partition coefficient (Wildman–Crippen LogP) is 0.778. The Morgan fingerprint density at radius 1 is 1.09 bits per heavy atom. The van der Waals surface area contributed by atoms with Crippen LogP contribution in [0.2, 0.25) is 0 Å². The molecule has 1 aromatic carbocycles. The van der Waals surface area contributed by atoms with Crippen LogP contribution in [0.4, 0.5) is 4.79 Å². The first kappa shape index (κ1) is 25.4. The Hall–Kier alpha value is -3.25. The number of morpholine rings is 1. The van der Waals surface area contributed by atoms with Gasteiger partial charge in [-0.1, -0.05) is 37.3 Å². The number of rotatable bonds is 10. The Morgan fingerprint density at radius 2 is 1.79 bits per heavy atom. The van der Waals surface area contributed by atoms with Crippen LogP contribution in [0, 0.1) is 0 Å². The number of urea groups is 1. The lowest BCUT2D eigenvalue weighted by Gasteiger charge is -2.29. The second-order valence-electron chi connectivity index (χ2n) is 7.81. The van der Waals surface area contributed by atoms with E-state index in [2.05, 4.69) is 15.6 Å². The lowest BCUT2D eigenvalue weighted by molar-refractivity contribution is -0.123. The Bertz CT molecular complexity index is 1070. The van der Waals surface area contributed by atoms with Gasteiger partial charge in [0.1, 0.15) is 12.3 Å². The maximum Gasteiger partial charge on any atom is 0.318 e. The molecule has 1 fully saturated rings. The van der Waals surface area contributed by atoms with E-state index >= 15 is 0 Å². The highest BCUT2D eigenvalue weighted by atomic mass is 32.2. The molecule has 34 heavy (non-hydrogen) atoms. The SMILES string of the molecule is CC[C@H](NC(=O)[C@@H](CS(=O)(=O)Cc1ccccc1)NC(=O)N1CCOCC1)C(=O)c1ncco1. The summed E-state index contributed by atoms with van der Waals surface area (Å²) in [7, 11) is -3.80. The highest BCUT2D eigenvalue weighted by Gasteiger charge is 2.32. The van der Waals surface area contributed by atoms with Gasteiger partial charge in [0.15, 0.2) is 9.84 Å². The van der Waals surface area contributed by atoms with Crippen molar-refractivity contribution in [3.8, 4) is 0 Å². The number of hydrogen-bond acceptors (Lipinski definition) is 8. The minimum Gasteiger partial charge on any atom is -0.442 e. The summed E-state index contributed by atoms with van der Waals surface area (Å²) in [5.74, 6) is -2.43. The fourth-order valence-electron chi connectivity index (χ4n) is 3.45. The first-order chi connectivity index (χ1) is 16.3. The smallest absolute Gasteiger partial charge is 0.318 e. The van der Waals surface area contributed by atoms with Crippen molar-refractivity contribution in [3.05, 3.63) is 54.2 Å². The molecule has 0 spiro atoms. The zero-order valence-electron chi connectivity index (χ0n) is 18.8. The highest BCUT2D eigenvalue weighted by Crippen LogP contribution is 2.10. The van der Waals surface area contributed by atoms with Gasteiger partial charge in [-0.05, 0) is 12.0 Å². The molecule has 0 saturated carbocycles. The normalized spacial score (nSPS) is 15.9. The van der Waals surface area contributed by atoms with Gasteiger partial charge in [-0.15, -0.1) is 0 Å². The molecule has 12 heteroatoms. The number of sulfone groups is 1. The average Bonchev–Trinajstić information content (AvgIpc) is 3.37. The number of hydrogen-bond donors (Lipinski definition) is 2. The Balaban J connectivity index is 1.75. The average molecular weight is 493 g/mol. The van der Waals surface area contributed by atoms with Crippen LogP contribution in [-0.2, 0) is 25.1 Å². The van der Waals surface area contributed by atoms with Crippen molar-refractivity contribution in [1.82, 2.24) is 20.5 Å². The molecule has 0 unspecified atom stereocenters. The fourth-order valence-corrected chi connectivity index (χ4v) is 5.01. The van der Waals surface area contributed by atoms with E-state index in [1.54, 1.807) is 37.3 Å². The second-order valence-corrected chi connectivity index (χ2v) is 9.92. The lowest BCUT2D eigenvalue weighted by atomic mass is 10.1. The van der Waals surface area contributed by atoms with Crippen LogP contribution in [0.1, 0.15) is 29.6 Å². The van der Waals surface area contributed by atoms with Gasteiger partial charge in [-0.25, -0.2) is 18.2 Å². The summed E-state index contributed by atoms with van der Waals surface area (Å²) in [6.07, 6.45) is 2.76. The van der Waals surface area contributed by atoms with Crippen LogP contribution in [0.25, 0.3) is 0 Å². The third kappa shape index (κ3) is 7.12. The van der Waals surface area contributed by atoms with E-state index < -0.39 is 45.4 Å². The number of amides is 3. The number of nitrogens with zero attached hydrogens (tertiary/aromatic N) is 2. The van der Waals surface area contributed by atoms with E-state index in [0.29, 0.717) is 31.9 Å². The summed E-state index contributed by atoms with van der Waals surface area (Å²) in [4.78, 5) is 43.7. The van der Waals surface area contributed by atoms with Gasteiger partial charge in [0, 0.05) is 13.1 Å². The molecule has 1 saturated heterocycles. The molecule has 2 aromatic rings. The van der Waals surface area contributed by atoms with E-state index in [9.17, 15) is 22.8 Å². The monoisotopic (exact) mass is 492 g/mol. The van der Waals surface area contributed by atoms with Crippen molar-refractivity contribution >= 4 is 27.6 Å². The largest absolute Gasteiger partial charge is 0.442 e. The summed E-state index contributed by atoms with van der Waals surface area (Å²) >= 11 is 0. The van der Waals surface area contributed by atoms with Crippen LogP contribution < -0.4 is 10.6 Å². The molecule has 3 rings (SSSR count). The van der Waals surface area contributed by atoms with Crippen LogP contribution in [-0.4, -0.2) is 80.2 Å². The minimum atomic E-state index is -3.80. The molecular formula is C22H28N4O7S. The first-order valence-electron chi connectivity index (χ1n) is 10.9. The van der Waals surface area contributed by atoms with Crippen LogP contribution in [0.5, 0.6) is 0 Å². The molecule has 2 N–H and O–H groups in total. The molecule has 184 valence electrons. The summed E-state index contributed by atoms with van der Waals surface area (Å²) in [6.45, 7) is 3.01. The number of carbonyl (C=O) groups excluding carboxylic acids is 3. The molecule has 2 atom stereocenters. The highest BCUT2D eigenvalue weighted by molar-refractivity contribution is 7.90. The van der Waals surface area contributed by atoms with Crippen molar-refractivity contribution in [1.29, 1.82) is 0 Å². The number of nitrogens with one attached hydrogen (secondary N) is 2. The molecular weight excluding hydrogens is 464 g/mol. The fraction of sp³-hybridized carbons (Fsp3) is 0.455. The van der Waals surface area contributed by atoms with Gasteiger partial charge in [0.25, 0.3) is 5.89 Å². The zero-order valence-corrected chi connectivity index (χ0v) is 19.6. The number of ether oxygens (including phenoxy) is 1. The number of aromatic nitrogens is 1. The molecule has 0 aliphatic carbocycles. The summed E-state index contributed by atoms with van der Waals surface area (Å²) < 4.78 is 36.0.